The Labute approximate surface area is 531 Å². The van der Waals surface area contributed by atoms with Gasteiger partial charge in [-0.15, -0.1) is 0 Å². The van der Waals surface area contributed by atoms with E-state index >= 15 is 0 Å². The smallest absolute Gasteiger partial charge is 0.00488 e. The van der Waals surface area contributed by atoms with E-state index in [-0.39, 0.29) is 0 Å². The third-order valence-electron chi connectivity index (χ3n) is 17.9. The van der Waals surface area contributed by atoms with Gasteiger partial charge in [-0.05, 0) is 173 Å². The summed E-state index contributed by atoms with van der Waals surface area (Å²) in [5, 5.41) is 3.91. The molecule has 0 saturated heterocycles. The molecule has 0 radical (unpaired) electrons. The second kappa shape index (κ2) is 77.0. The molecule has 0 aromatic heterocycles. The predicted octanol–water partition coefficient (Wildman–Crippen LogP) is 29.4. The lowest BCUT2D eigenvalue weighted by atomic mass is 9.89. The standard InChI is InChI=1S/C83H153N/c1-5-9-13-17-21-25-29-33-37-41-45-49-53-57-61-67-74-82(75-68-62-58-54-50-46-42-38-34-30-26-22-18-14-10-6-2)76-71-65-66-72-80-84-81-73-79-83(77-69-63-59-55-51-47-43-39-35-31-27-23-19-15-11-7-3)78-70-64-60-56-52-48-44-40-36-32-28-24-20-16-12-8-4/h21-28,33-40,82-84H,5-20,29-32,41-81H2,1-4H3/b25-21-,26-22-,27-23-,28-24-,37-33-,38-34-,39-35-,40-36-. The Morgan fingerprint density at radius 3 is 0.595 bits per heavy atom. The van der Waals surface area contributed by atoms with Gasteiger partial charge < -0.3 is 5.32 Å². The van der Waals surface area contributed by atoms with Crippen molar-refractivity contribution in [3.05, 3.63) is 97.2 Å². The lowest BCUT2D eigenvalue weighted by Crippen LogP contribution is -2.17. The van der Waals surface area contributed by atoms with E-state index in [1.54, 1.807) is 0 Å². The van der Waals surface area contributed by atoms with Crippen LogP contribution in [-0.2, 0) is 0 Å². The first-order chi connectivity index (χ1) is 41.8. The van der Waals surface area contributed by atoms with E-state index in [0.29, 0.717) is 0 Å². The van der Waals surface area contributed by atoms with Crippen LogP contribution in [0.3, 0.4) is 0 Å². The molecule has 0 bridgehead atoms. The summed E-state index contributed by atoms with van der Waals surface area (Å²) in [5.41, 5.74) is 0. The van der Waals surface area contributed by atoms with Crippen molar-refractivity contribution in [3.8, 4) is 0 Å². The van der Waals surface area contributed by atoms with Gasteiger partial charge in [0, 0.05) is 0 Å². The summed E-state index contributed by atoms with van der Waals surface area (Å²) in [6, 6.07) is 0. The van der Waals surface area contributed by atoms with Crippen molar-refractivity contribution in [2.24, 2.45) is 11.8 Å². The van der Waals surface area contributed by atoms with Gasteiger partial charge in [0.1, 0.15) is 0 Å². The quantitative estimate of drug-likeness (QED) is 0.0473. The minimum absolute atomic E-state index is 0.946. The fraction of sp³-hybridized carbons (Fsp3) is 0.807. The molecule has 1 N–H and O–H groups in total. The molecule has 0 saturated carbocycles. The van der Waals surface area contributed by atoms with Gasteiger partial charge in [0.05, 0.1) is 0 Å². The summed E-state index contributed by atoms with van der Waals surface area (Å²) >= 11 is 0. The number of allylic oxidation sites excluding steroid dienone is 16. The van der Waals surface area contributed by atoms with Gasteiger partial charge >= 0.3 is 0 Å². The van der Waals surface area contributed by atoms with Gasteiger partial charge in [-0.2, -0.15) is 0 Å². The third kappa shape index (κ3) is 72.4. The molecule has 490 valence electrons. The molecular weight excluding hydrogens is 1010 g/mol. The van der Waals surface area contributed by atoms with E-state index in [0.717, 1.165) is 37.5 Å². The van der Waals surface area contributed by atoms with Crippen molar-refractivity contribution in [1.29, 1.82) is 0 Å². The highest BCUT2D eigenvalue weighted by atomic mass is 14.8. The van der Waals surface area contributed by atoms with Crippen LogP contribution in [0.2, 0.25) is 0 Å². The molecule has 0 aromatic carbocycles. The molecule has 0 atom stereocenters. The second-order valence-corrected chi connectivity index (χ2v) is 26.3. The van der Waals surface area contributed by atoms with E-state index in [4.69, 9.17) is 0 Å². The maximum atomic E-state index is 3.91. The molecule has 0 aliphatic heterocycles. The molecule has 0 unspecified atom stereocenters. The Morgan fingerprint density at radius 2 is 0.357 bits per heavy atom. The van der Waals surface area contributed by atoms with Crippen LogP contribution in [0.15, 0.2) is 97.2 Å². The SMILES string of the molecule is CCCCC/C=C\C/C=C\CCCCCCCCC(CCCCCCCC/C=C\C/C=C\CCCCC)CCCCCCNCCCC(CCCCCCCC/C=C\C/C=C\CCCCC)CCCCCCCC/C=C\C/C=C\CCCCC. The fourth-order valence-electron chi connectivity index (χ4n) is 12.2. The molecule has 1 nitrogen and oxygen atoms in total. The zero-order valence-corrected chi connectivity index (χ0v) is 58.0. The maximum absolute atomic E-state index is 3.91. The minimum atomic E-state index is 0.946. The molecule has 0 fully saturated rings. The number of hydrogen-bond donors (Lipinski definition) is 1. The van der Waals surface area contributed by atoms with Crippen molar-refractivity contribution < 1.29 is 0 Å². The highest BCUT2D eigenvalue weighted by Crippen LogP contribution is 2.26. The highest BCUT2D eigenvalue weighted by molar-refractivity contribution is 4.95. The zero-order chi connectivity index (χ0) is 60.3. The predicted molar refractivity (Wildman–Crippen MR) is 388 cm³/mol. The molecule has 84 heavy (non-hydrogen) atoms. The average molecular weight is 1170 g/mol. The Kier molecular flexibility index (Phi) is 75.0. The monoisotopic (exact) mass is 1160 g/mol. The summed E-state index contributed by atoms with van der Waals surface area (Å²) in [4.78, 5) is 0. The highest BCUT2D eigenvalue weighted by Gasteiger charge is 2.11. The second-order valence-electron chi connectivity index (χ2n) is 26.3. The van der Waals surface area contributed by atoms with Crippen molar-refractivity contribution >= 4 is 0 Å². The topological polar surface area (TPSA) is 12.0 Å². The molecule has 0 spiro atoms. The molecule has 1 heteroatoms. The van der Waals surface area contributed by atoms with E-state index in [2.05, 4.69) is 130 Å². The Balaban J connectivity index is 4.66. The summed E-state index contributed by atoms with van der Waals surface area (Å²) in [5.74, 6) is 1.92. The van der Waals surface area contributed by atoms with Gasteiger partial charge in [0.25, 0.3) is 0 Å². The molecule has 0 aromatic rings. The summed E-state index contributed by atoms with van der Waals surface area (Å²) in [7, 11) is 0. The van der Waals surface area contributed by atoms with Gasteiger partial charge in [-0.3, -0.25) is 0 Å². The first-order valence-electron chi connectivity index (χ1n) is 38.7. The molecule has 0 rings (SSSR count). The first-order valence-corrected chi connectivity index (χ1v) is 38.7. The van der Waals surface area contributed by atoms with Gasteiger partial charge in [0.15, 0.2) is 0 Å². The van der Waals surface area contributed by atoms with E-state index in [1.807, 2.05) is 0 Å². The van der Waals surface area contributed by atoms with Gasteiger partial charge in [-0.1, -0.05) is 356 Å². The normalized spacial score (nSPS) is 12.7. The molecule has 0 heterocycles. The van der Waals surface area contributed by atoms with E-state index in [9.17, 15) is 0 Å². The van der Waals surface area contributed by atoms with Crippen LogP contribution < -0.4 is 5.32 Å². The minimum Gasteiger partial charge on any atom is -0.317 e. The van der Waals surface area contributed by atoms with Crippen LogP contribution in [0.5, 0.6) is 0 Å². The molecule has 0 amide bonds. The average Bonchev–Trinajstić information content (AvgIpc) is 3.50. The maximum Gasteiger partial charge on any atom is -0.00488 e. The number of nitrogens with one attached hydrogen (secondary N) is 1. The summed E-state index contributed by atoms with van der Waals surface area (Å²) in [6.45, 7) is 11.6. The van der Waals surface area contributed by atoms with Crippen LogP contribution >= 0.6 is 0 Å². The van der Waals surface area contributed by atoms with E-state index < -0.39 is 0 Å². The van der Waals surface area contributed by atoms with Crippen molar-refractivity contribution in [1.82, 2.24) is 5.32 Å². The Hall–Kier alpha value is -2.12. The molecule has 0 aliphatic carbocycles. The van der Waals surface area contributed by atoms with Crippen molar-refractivity contribution in [2.75, 3.05) is 13.1 Å². The van der Waals surface area contributed by atoms with Crippen molar-refractivity contribution in [2.45, 2.75) is 407 Å². The molecule has 0 aliphatic rings. The Bertz CT molecular complexity index is 1230. The van der Waals surface area contributed by atoms with Gasteiger partial charge in [-0.25, -0.2) is 0 Å². The molecular formula is C83H153N. The third-order valence-corrected chi connectivity index (χ3v) is 17.9. The van der Waals surface area contributed by atoms with E-state index in [1.165, 1.54) is 366 Å². The fourth-order valence-corrected chi connectivity index (χ4v) is 12.2. The van der Waals surface area contributed by atoms with Crippen LogP contribution in [0.1, 0.15) is 407 Å². The van der Waals surface area contributed by atoms with Crippen LogP contribution in [0.4, 0.5) is 0 Å². The van der Waals surface area contributed by atoms with Crippen molar-refractivity contribution in [3.63, 3.8) is 0 Å². The number of rotatable bonds is 71. The van der Waals surface area contributed by atoms with Crippen LogP contribution in [0, 0.1) is 11.8 Å². The summed E-state index contributed by atoms with van der Waals surface area (Å²) in [6.07, 6.45) is 119. The van der Waals surface area contributed by atoms with Crippen LogP contribution in [-0.4, -0.2) is 13.1 Å². The summed E-state index contributed by atoms with van der Waals surface area (Å²) < 4.78 is 0. The van der Waals surface area contributed by atoms with Gasteiger partial charge in [0.2, 0.25) is 0 Å². The number of unbranched alkanes of at least 4 members (excludes halogenated alkanes) is 39. The Morgan fingerprint density at radius 1 is 0.179 bits per heavy atom. The number of hydrogen-bond acceptors (Lipinski definition) is 1. The largest absolute Gasteiger partial charge is 0.317 e. The first kappa shape index (κ1) is 81.9. The van der Waals surface area contributed by atoms with Crippen LogP contribution in [0.25, 0.3) is 0 Å². The lowest BCUT2D eigenvalue weighted by Gasteiger charge is -2.18. The lowest BCUT2D eigenvalue weighted by molar-refractivity contribution is 0.363. The zero-order valence-electron chi connectivity index (χ0n) is 58.0.